The first-order valence-corrected chi connectivity index (χ1v) is 6.68. The fraction of sp³-hybridized carbons (Fsp3) is 0.294. The molecule has 2 heteroatoms. The molecule has 0 aliphatic carbocycles. The third kappa shape index (κ3) is 3.36. The Labute approximate surface area is 115 Å². The van der Waals surface area contributed by atoms with Gasteiger partial charge in [-0.1, -0.05) is 48.0 Å². The predicted octanol–water partition coefficient (Wildman–Crippen LogP) is 4.11. The van der Waals surface area contributed by atoms with Crippen LogP contribution in [0.25, 0.3) is 0 Å². The summed E-state index contributed by atoms with van der Waals surface area (Å²) in [6.07, 6.45) is 0. The zero-order valence-corrected chi connectivity index (χ0v) is 11.7. The van der Waals surface area contributed by atoms with Crippen molar-refractivity contribution in [1.82, 2.24) is 5.32 Å². The summed E-state index contributed by atoms with van der Waals surface area (Å²) in [4.78, 5) is 0. The minimum atomic E-state index is 0.107. The Kier molecular flexibility index (Phi) is 4.23. The van der Waals surface area contributed by atoms with E-state index in [0.29, 0.717) is 5.75 Å². The summed E-state index contributed by atoms with van der Waals surface area (Å²) in [6.45, 7) is 6.25. The van der Waals surface area contributed by atoms with Crippen LogP contribution >= 0.6 is 0 Å². The van der Waals surface area contributed by atoms with Crippen LogP contribution in [0.1, 0.15) is 42.6 Å². The maximum Gasteiger partial charge on any atom is 0.120 e. The van der Waals surface area contributed by atoms with Crippen molar-refractivity contribution in [1.29, 1.82) is 0 Å². The van der Waals surface area contributed by atoms with Crippen LogP contribution in [0.4, 0.5) is 0 Å². The molecule has 19 heavy (non-hydrogen) atoms. The Bertz CT molecular complexity index is 536. The van der Waals surface area contributed by atoms with Crippen LogP contribution in [-0.2, 0) is 0 Å². The van der Waals surface area contributed by atoms with Gasteiger partial charge >= 0.3 is 0 Å². The molecule has 2 N–H and O–H groups in total. The van der Waals surface area contributed by atoms with Crippen LogP contribution in [0.15, 0.2) is 48.5 Å². The second kappa shape index (κ2) is 5.89. The van der Waals surface area contributed by atoms with E-state index in [4.69, 9.17) is 0 Å². The molecule has 0 spiro atoms. The van der Waals surface area contributed by atoms with E-state index >= 15 is 0 Å². The predicted molar refractivity (Wildman–Crippen MR) is 79.3 cm³/mol. The lowest BCUT2D eigenvalue weighted by atomic mass is 10.0. The first-order valence-electron chi connectivity index (χ1n) is 6.68. The second-order valence-corrected chi connectivity index (χ2v) is 5.08. The molecule has 2 atom stereocenters. The van der Waals surface area contributed by atoms with E-state index in [9.17, 15) is 5.11 Å². The van der Waals surface area contributed by atoms with Gasteiger partial charge in [-0.05, 0) is 32.4 Å². The molecule has 2 nitrogen and oxygen atoms in total. The summed E-state index contributed by atoms with van der Waals surface area (Å²) in [5.74, 6) is 0.353. The molecule has 0 aliphatic rings. The normalized spacial score (nSPS) is 14.1. The highest BCUT2D eigenvalue weighted by molar-refractivity contribution is 5.38. The zero-order valence-electron chi connectivity index (χ0n) is 11.7. The lowest BCUT2D eigenvalue weighted by molar-refractivity contribution is 0.438. The molecule has 2 unspecified atom stereocenters. The van der Waals surface area contributed by atoms with Crippen LogP contribution in [0, 0.1) is 6.92 Å². The fourth-order valence-electron chi connectivity index (χ4n) is 2.32. The van der Waals surface area contributed by atoms with Crippen molar-refractivity contribution in [2.75, 3.05) is 0 Å². The Morgan fingerprint density at radius 2 is 1.63 bits per heavy atom. The number of phenols is 1. The summed E-state index contributed by atoms with van der Waals surface area (Å²) >= 11 is 0. The van der Waals surface area contributed by atoms with Crippen LogP contribution in [0.5, 0.6) is 5.75 Å². The van der Waals surface area contributed by atoms with Gasteiger partial charge in [0, 0.05) is 17.6 Å². The number of hydrogen-bond acceptors (Lipinski definition) is 2. The maximum absolute atomic E-state index is 9.95. The van der Waals surface area contributed by atoms with Crippen LogP contribution in [0.3, 0.4) is 0 Å². The van der Waals surface area contributed by atoms with Gasteiger partial charge in [0.1, 0.15) is 5.75 Å². The number of nitrogens with one attached hydrogen (secondary N) is 1. The minimum absolute atomic E-state index is 0.107. The van der Waals surface area contributed by atoms with Gasteiger partial charge in [-0.2, -0.15) is 0 Å². The number of hydrogen-bond donors (Lipinski definition) is 2. The third-order valence-electron chi connectivity index (χ3n) is 3.45. The van der Waals surface area contributed by atoms with E-state index in [0.717, 1.165) is 11.1 Å². The Balaban J connectivity index is 2.13. The fourth-order valence-corrected chi connectivity index (χ4v) is 2.32. The number of aryl methyl sites for hydroxylation is 1. The summed E-state index contributed by atoms with van der Waals surface area (Å²) < 4.78 is 0. The largest absolute Gasteiger partial charge is 0.508 e. The van der Waals surface area contributed by atoms with Gasteiger partial charge < -0.3 is 10.4 Å². The van der Waals surface area contributed by atoms with Crippen molar-refractivity contribution in [3.63, 3.8) is 0 Å². The molecule has 0 saturated heterocycles. The van der Waals surface area contributed by atoms with E-state index in [1.807, 2.05) is 37.3 Å². The molecule has 0 aromatic heterocycles. The molecule has 0 heterocycles. The first kappa shape index (κ1) is 13.6. The summed E-state index contributed by atoms with van der Waals surface area (Å²) in [5.41, 5.74) is 3.36. The summed E-state index contributed by atoms with van der Waals surface area (Å²) in [6, 6.07) is 16.4. The monoisotopic (exact) mass is 255 g/mol. The van der Waals surface area contributed by atoms with E-state index in [1.54, 1.807) is 6.07 Å². The highest BCUT2D eigenvalue weighted by atomic mass is 16.3. The van der Waals surface area contributed by atoms with Crippen molar-refractivity contribution >= 4 is 0 Å². The standard InChI is InChI=1S/C17H21NO/c1-12-9-10-17(19)16(11-12)14(3)18-13(2)15-7-5-4-6-8-15/h4-11,13-14,18-19H,1-3H3. The van der Waals surface area contributed by atoms with E-state index in [2.05, 4.69) is 31.3 Å². The van der Waals surface area contributed by atoms with E-state index < -0.39 is 0 Å². The second-order valence-electron chi connectivity index (χ2n) is 5.08. The van der Waals surface area contributed by atoms with Gasteiger partial charge in [0.15, 0.2) is 0 Å². The quantitative estimate of drug-likeness (QED) is 0.861. The van der Waals surface area contributed by atoms with Crippen LogP contribution in [0.2, 0.25) is 0 Å². The molecule has 0 saturated carbocycles. The highest BCUT2D eigenvalue weighted by Gasteiger charge is 2.14. The molecule has 0 bridgehead atoms. The molecule has 0 aliphatic heterocycles. The summed E-state index contributed by atoms with van der Waals surface area (Å²) in [7, 11) is 0. The van der Waals surface area contributed by atoms with Crippen molar-refractivity contribution in [3.05, 3.63) is 65.2 Å². The Morgan fingerprint density at radius 3 is 2.32 bits per heavy atom. The lowest BCUT2D eigenvalue weighted by Crippen LogP contribution is -2.22. The minimum Gasteiger partial charge on any atom is -0.508 e. The zero-order chi connectivity index (χ0) is 13.8. The van der Waals surface area contributed by atoms with E-state index in [1.165, 1.54) is 5.56 Å². The molecule has 2 aromatic rings. The number of rotatable bonds is 4. The molecule has 0 fully saturated rings. The molecule has 100 valence electrons. The van der Waals surface area contributed by atoms with Gasteiger partial charge in [-0.25, -0.2) is 0 Å². The first-order chi connectivity index (χ1) is 9.08. The van der Waals surface area contributed by atoms with Crippen molar-refractivity contribution in [2.24, 2.45) is 0 Å². The topological polar surface area (TPSA) is 32.3 Å². The van der Waals surface area contributed by atoms with Gasteiger partial charge in [-0.15, -0.1) is 0 Å². The van der Waals surface area contributed by atoms with Crippen molar-refractivity contribution in [3.8, 4) is 5.75 Å². The number of benzene rings is 2. The molecule has 2 aromatic carbocycles. The van der Waals surface area contributed by atoms with E-state index in [-0.39, 0.29) is 12.1 Å². The highest BCUT2D eigenvalue weighted by Crippen LogP contribution is 2.27. The molecule has 2 rings (SSSR count). The number of aromatic hydroxyl groups is 1. The SMILES string of the molecule is Cc1ccc(O)c(C(C)NC(C)c2ccccc2)c1. The average molecular weight is 255 g/mol. The van der Waals surface area contributed by atoms with Gasteiger partial charge in [0.05, 0.1) is 0 Å². The molecular formula is C17H21NO. The Morgan fingerprint density at radius 1 is 0.947 bits per heavy atom. The molecular weight excluding hydrogens is 234 g/mol. The molecule has 0 radical (unpaired) electrons. The van der Waals surface area contributed by atoms with Gasteiger partial charge in [-0.3, -0.25) is 0 Å². The lowest BCUT2D eigenvalue weighted by Gasteiger charge is -2.21. The number of phenolic OH excluding ortho intramolecular Hbond substituents is 1. The Hall–Kier alpha value is -1.80. The third-order valence-corrected chi connectivity index (χ3v) is 3.45. The maximum atomic E-state index is 9.95. The van der Waals surface area contributed by atoms with Gasteiger partial charge in [0.25, 0.3) is 0 Å². The van der Waals surface area contributed by atoms with Crippen molar-refractivity contribution < 1.29 is 5.11 Å². The van der Waals surface area contributed by atoms with Crippen molar-refractivity contribution in [2.45, 2.75) is 32.9 Å². The van der Waals surface area contributed by atoms with Crippen LogP contribution in [-0.4, -0.2) is 5.11 Å². The smallest absolute Gasteiger partial charge is 0.120 e. The van der Waals surface area contributed by atoms with Gasteiger partial charge in [0.2, 0.25) is 0 Å². The molecule has 0 amide bonds. The average Bonchev–Trinajstić information content (AvgIpc) is 2.42. The summed E-state index contributed by atoms with van der Waals surface area (Å²) in [5, 5.41) is 13.5. The van der Waals surface area contributed by atoms with Crippen LogP contribution < -0.4 is 5.32 Å².